The summed E-state index contributed by atoms with van der Waals surface area (Å²) in [7, 11) is 0. The highest BCUT2D eigenvalue weighted by Crippen LogP contribution is 2.14. The molecule has 0 atom stereocenters. The minimum absolute atomic E-state index is 0.00994. The van der Waals surface area contributed by atoms with Crippen molar-refractivity contribution >= 4 is 34.7 Å². The summed E-state index contributed by atoms with van der Waals surface area (Å²) in [5.41, 5.74) is 2.02. The number of halogens is 1. The minimum Gasteiger partial charge on any atom is -0.376 e. The lowest BCUT2D eigenvalue weighted by molar-refractivity contribution is -0.114. The van der Waals surface area contributed by atoms with E-state index in [9.17, 15) is 9.59 Å². The smallest absolute Gasteiger partial charge is 0.243 e. The maximum absolute atomic E-state index is 11.8. The van der Waals surface area contributed by atoms with Gasteiger partial charge >= 0.3 is 0 Å². The molecular formula is C16H15ClN2O2. The first-order valence-corrected chi connectivity index (χ1v) is 6.83. The first kappa shape index (κ1) is 15.1. The molecule has 2 rings (SSSR count). The standard InChI is InChI=1S/C16H15ClN2O2/c1-11(20)12-3-2-4-15(9-12)18-10-16(21)19-14-7-5-13(17)6-8-14/h2-9,18H,10H2,1H3,(H,19,21). The van der Waals surface area contributed by atoms with Gasteiger partial charge in [-0.15, -0.1) is 0 Å². The molecule has 0 heterocycles. The van der Waals surface area contributed by atoms with Crippen LogP contribution in [0.15, 0.2) is 48.5 Å². The highest BCUT2D eigenvalue weighted by molar-refractivity contribution is 6.30. The van der Waals surface area contributed by atoms with Gasteiger partial charge in [0.05, 0.1) is 6.54 Å². The van der Waals surface area contributed by atoms with Gasteiger partial charge in [-0.05, 0) is 43.3 Å². The van der Waals surface area contributed by atoms with E-state index in [0.717, 1.165) is 5.69 Å². The summed E-state index contributed by atoms with van der Waals surface area (Å²) in [6.07, 6.45) is 0. The van der Waals surface area contributed by atoms with Gasteiger partial charge in [-0.25, -0.2) is 0 Å². The van der Waals surface area contributed by atoms with Crippen molar-refractivity contribution in [2.75, 3.05) is 17.2 Å². The molecule has 21 heavy (non-hydrogen) atoms. The molecule has 108 valence electrons. The van der Waals surface area contributed by atoms with Crippen molar-refractivity contribution in [3.8, 4) is 0 Å². The van der Waals surface area contributed by atoms with Crippen molar-refractivity contribution in [2.45, 2.75) is 6.92 Å². The number of anilines is 2. The molecular weight excluding hydrogens is 288 g/mol. The van der Waals surface area contributed by atoms with Gasteiger partial charge in [-0.1, -0.05) is 23.7 Å². The molecule has 0 unspecified atom stereocenters. The number of hydrogen-bond donors (Lipinski definition) is 2. The normalized spacial score (nSPS) is 10.0. The van der Waals surface area contributed by atoms with Crippen LogP contribution in [0.5, 0.6) is 0 Å². The summed E-state index contributed by atoms with van der Waals surface area (Å²) in [6, 6.07) is 13.9. The number of hydrogen-bond acceptors (Lipinski definition) is 3. The predicted molar refractivity (Wildman–Crippen MR) is 85.0 cm³/mol. The number of Topliss-reactive ketones (excluding diaryl/α,β-unsaturated/α-hetero) is 1. The second kappa shape index (κ2) is 6.90. The van der Waals surface area contributed by atoms with Crippen molar-refractivity contribution in [1.29, 1.82) is 0 Å². The third-order valence-electron chi connectivity index (χ3n) is 2.85. The van der Waals surface area contributed by atoms with E-state index in [1.807, 2.05) is 6.07 Å². The SMILES string of the molecule is CC(=O)c1cccc(NCC(=O)Nc2ccc(Cl)cc2)c1. The minimum atomic E-state index is -0.175. The van der Waals surface area contributed by atoms with Gasteiger partial charge in [0.25, 0.3) is 0 Å². The molecule has 0 fully saturated rings. The number of carbonyl (C=O) groups excluding carboxylic acids is 2. The van der Waals surface area contributed by atoms with Crippen molar-refractivity contribution in [2.24, 2.45) is 0 Å². The Bertz CT molecular complexity index is 654. The van der Waals surface area contributed by atoms with Crippen LogP contribution in [0.25, 0.3) is 0 Å². The lowest BCUT2D eigenvalue weighted by Crippen LogP contribution is -2.21. The zero-order valence-electron chi connectivity index (χ0n) is 11.5. The van der Waals surface area contributed by atoms with Crippen LogP contribution in [0.4, 0.5) is 11.4 Å². The van der Waals surface area contributed by atoms with E-state index in [1.165, 1.54) is 6.92 Å². The predicted octanol–water partition coefficient (Wildman–Crippen LogP) is 3.59. The Balaban J connectivity index is 1.90. The summed E-state index contributed by atoms with van der Waals surface area (Å²) in [4.78, 5) is 23.1. The Morgan fingerprint density at radius 1 is 1.05 bits per heavy atom. The average Bonchev–Trinajstić information content (AvgIpc) is 2.48. The highest BCUT2D eigenvalue weighted by atomic mass is 35.5. The van der Waals surface area contributed by atoms with Crippen LogP contribution in [0, 0.1) is 0 Å². The van der Waals surface area contributed by atoms with E-state index in [1.54, 1.807) is 42.5 Å². The molecule has 2 N–H and O–H groups in total. The summed E-state index contributed by atoms with van der Waals surface area (Å²) in [5, 5.41) is 6.35. The molecule has 5 heteroatoms. The number of amides is 1. The molecule has 2 aromatic carbocycles. The fraction of sp³-hybridized carbons (Fsp3) is 0.125. The summed E-state index contributed by atoms with van der Waals surface area (Å²) in [5.74, 6) is -0.185. The molecule has 0 aliphatic heterocycles. The Kier molecular flexibility index (Phi) is 4.95. The Labute approximate surface area is 128 Å². The summed E-state index contributed by atoms with van der Waals surface area (Å²) < 4.78 is 0. The van der Waals surface area contributed by atoms with Crippen LogP contribution < -0.4 is 10.6 Å². The number of benzene rings is 2. The van der Waals surface area contributed by atoms with Crippen LogP contribution >= 0.6 is 11.6 Å². The van der Waals surface area contributed by atoms with Gasteiger partial charge < -0.3 is 10.6 Å². The third kappa shape index (κ3) is 4.61. The lowest BCUT2D eigenvalue weighted by Gasteiger charge is -2.08. The second-order valence-corrected chi connectivity index (χ2v) is 4.98. The number of carbonyl (C=O) groups is 2. The van der Waals surface area contributed by atoms with Gasteiger partial charge in [0.2, 0.25) is 5.91 Å². The first-order chi connectivity index (χ1) is 10.0. The van der Waals surface area contributed by atoms with E-state index in [4.69, 9.17) is 11.6 Å². The largest absolute Gasteiger partial charge is 0.376 e. The monoisotopic (exact) mass is 302 g/mol. The van der Waals surface area contributed by atoms with Crippen molar-refractivity contribution < 1.29 is 9.59 Å². The molecule has 0 aliphatic carbocycles. The van der Waals surface area contributed by atoms with E-state index in [0.29, 0.717) is 16.3 Å². The molecule has 0 bridgehead atoms. The molecule has 1 amide bonds. The fourth-order valence-electron chi connectivity index (χ4n) is 1.77. The number of ketones is 1. The van der Waals surface area contributed by atoms with Gasteiger partial charge in [0.1, 0.15) is 0 Å². The summed E-state index contributed by atoms with van der Waals surface area (Å²) in [6.45, 7) is 1.62. The number of nitrogens with one attached hydrogen (secondary N) is 2. The zero-order chi connectivity index (χ0) is 15.2. The van der Waals surface area contributed by atoms with Gasteiger partial charge in [-0.2, -0.15) is 0 Å². The van der Waals surface area contributed by atoms with Crippen LogP contribution in [-0.2, 0) is 4.79 Å². The van der Waals surface area contributed by atoms with Crippen LogP contribution in [0.2, 0.25) is 5.02 Å². The maximum atomic E-state index is 11.8. The van der Waals surface area contributed by atoms with Crippen LogP contribution in [-0.4, -0.2) is 18.2 Å². The Morgan fingerprint density at radius 3 is 2.43 bits per heavy atom. The van der Waals surface area contributed by atoms with Crippen molar-refractivity contribution in [3.63, 3.8) is 0 Å². The van der Waals surface area contributed by atoms with E-state index < -0.39 is 0 Å². The molecule has 2 aromatic rings. The Hall–Kier alpha value is -2.33. The quantitative estimate of drug-likeness (QED) is 0.830. The fourth-order valence-corrected chi connectivity index (χ4v) is 1.89. The van der Waals surface area contributed by atoms with Crippen molar-refractivity contribution in [1.82, 2.24) is 0 Å². The van der Waals surface area contributed by atoms with Crippen molar-refractivity contribution in [3.05, 3.63) is 59.1 Å². The van der Waals surface area contributed by atoms with Crippen LogP contribution in [0.1, 0.15) is 17.3 Å². The second-order valence-electron chi connectivity index (χ2n) is 4.55. The van der Waals surface area contributed by atoms with E-state index in [2.05, 4.69) is 10.6 Å². The topological polar surface area (TPSA) is 58.2 Å². The first-order valence-electron chi connectivity index (χ1n) is 6.45. The van der Waals surface area contributed by atoms with Gasteiger partial charge in [-0.3, -0.25) is 9.59 Å². The molecule has 0 aliphatic rings. The molecule has 0 saturated carbocycles. The average molecular weight is 303 g/mol. The van der Waals surface area contributed by atoms with E-state index in [-0.39, 0.29) is 18.2 Å². The lowest BCUT2D eigenvalue weighted by atomic mass is 10.1. The number of rotatable bonds is 5. The molecule has 0 aromatic heterocycles. The molecule has 0 radical (unpaired) electrons. The molecule has 0 spiro atoms. The molecule has 0 saturated heterocycles. The van der Waals surface area contributed by atoms with Gasteiger partial charge in [0, 0.05) is 22.0 Å². The highest BCUT2D eigenvalue weighted by Gasteiger charge is 2.04. The van der Waals surface area contributed by atoms with Gasteiger partial charge in [0.15, 0.2) is 5.78 Å². The molecule has 4 nitrogen and oxygen atoms in total. The van der Waals surface area contributed by atoms with E-state index >= 15 is 0 Å². The van der Waals surface area contributed by atoms with Crippen LogP contribution in [0.3, 0.4) is 0 Å². The Morgan fingerprint density at radius 2 is 1.76 bits per heavy atom. The summed E-state index contributed by atoms with van der Waals surface area (Å²) >= 11 is 5.78. The maximum Gasteiger partial charge on any atom is 0.243 e. The zero-order valence-corrected chi connectivity index (χ0v) is 12.3. The third-order valence-corrected chi connectivity index (χ3v) is 3.10.